The van der Waals surface area contributed by atoms with Crippen molar-refractivity contribution in [2.75, 3.05) is 18.9 Å². The SMILES string of the molecule is CCCCN(C)C(=O)c1ccc(NC(=O)Cn2cc(C)ccc2=O)cc1. The van der Waals surface area contributed by atoms with Gasteiger partial charge in [-0.2, -0.15) is 0 Å². The summed E-state index contributed by atoms with van der Waals surface area (Å²) >= 11 is 0. The van der Waals surface area contributed by atoms with Crippen LogP contribution in [-0.2, 0) is 11.3 Å². The summed E-state index contributed by atoms with van der Waals surface area (Å²) in [4.78, 5) is 37.9. The smallest absolute Gasteiger partial charge is 0.253 e. The molecule has 0 fully saturated rings. The monoisotopic (exact) mass is 355 g/mol. The average molecular weight is 355 g/mol. The maximum atomic E-state index is 12.3. The van der Waals surface area contributed by atoms with E-state index in [1.54, 1.807) is 48.5 Å². The number of pyridine rings is 1. The highest BCUT2D eigenvalue weighted by atomic mass is 16.2. The fourth-order valence-electron chi connectivity index (χ4n) is 2.54. The van der Waals surface area contributed by atoms with E-state index in [1.807, 2.05) is 6.92 Å². The third-order valence-electron chi connectivity index (χ3n) is 4.05. The van der Waals surface area contributed by atoms with Crippen LogP contribution < -0.4 is 10.9 Å². The Morgan fingerprint density at radius 3 is 2.46 bits per heavy atom. The molecule has 0 aliphatic heterocycles. The van der Waals surface area contributed by atoms with Gasteiger partial charge in [0.15, 0.2) is 0 Å². The fraction of sp³-hybridized carbons (Fsp3) is 0.350. The third-order valence-corrected chi connectivity index (χ3v) is 4.05. The van der Waals surface area contributed by atoms with Gasteiger partial charge in [0.2, 0.25) is 5.91 Å². The first-order chi connectivity index (χ1) is 12.4. The lowest BCUT2D eigenvalue weighted by atomic mass is 10.1. The lowest BCUT2D eigenvalue weighted by Crippen LogP contribution is -2.28. The fourth-order valence-corrected chi connectivity index (χ4v) is 2.54. The van der Waals surface area contributed by atoms with E-state index in [-0.39, 0.29) is 23.9 Å². The maximum absolute atomic E-state index is 12.3. The quantitative estimate of drug-likeness (QED) is 0.830. The largest absolute Gasteiger partial charge is 0.342 e. The van der Waals surface area contributed by atoms with Crippen LogP contribution in [0.2, 0.25) is 0 Å². The molecule has 26 heavy (non-hydrogen) atoms. The summed E-state index contributed by atoms with van der Waals surface area (Å²) in [6, 6.07) is 9.93. The Hall–Kier alpha value is -2.89. The second-order valence-electron chi connectivity index (χ2n) is 6.38. The number of carbonyl (C=O) groups excluding carboxylic acids is 2. The molecule has 0 saturated carbocycles. The van der Waals surface area contributed by atoms with E-state index in [0.29, 0.717) is 11.3 Å². The van der Waals surface area contributed by atoms with E-state index >= 15 is 0 Å². The highest BCUT2D eigenvalue weighted by molar-refractivity contribution is 5.95. The van der Waals surface area contributed by atoms with Crippen LogP contribution in [-0.4, -0.2) is 34.9 Å². The van der Waals surface area contributed by atoms with E-state index in [9.17, 15) is 14.4 Å². The molecule has 0 unspecified atom stereocenters. The van der Waals surface area contributed by atoms with Gasteiger partial charge in [-0.1, -0.05) is 19.4 Å². The summed E-state index contributed by atoms with van der Waals surface area (Å²) in [6.45, 7) is 4.61. The summed E-state index contributed by atoms with van der Waals surface area (Å²) in [5.41, 5.74) is 1.86. The zero-order valence-electron chi connectivity index (χ0n) is 15.5. The van der Waals surface area contributed by atoms with Crippen LogP contribution in [0.15, 0.2) is 47.4 Å². The van der Waals surface area contributed by atoms with Crippen LogP contribution in [0.5, 0.6) is 0 Å². The minimum absolute atomic E-state index is 0.0392. The lowest BCUT2D eigenvalue weighted by molar-refractivity contribution is -0.116. The van der Waals surface area contributed by atoms with Crippen molar-refractivity contribution in [3.63, 3.8) is 0 Å². The van der Waals surface area contributed by atoms with Crippen LogP contribution in [0, 0.1) is 6.92 Å². The Kier molecular flexibility index (Phi) is 6.72. The van der Waals surface area contributed by atoms with Crippen LogP contribution in [0.3, 0.4) is 0 Å². The van der Waals surface area contributed by atoms with Crippen molar-refractivity contribution in [2.24, 2.45) is 0 Å². The summed E-state index contributed by atoms with van der Waals surface area (Å²) in [5.74, 6) is -0.334. The number of rotatable bonds is 7. The van der Waals surface area contributed by atoms with Gasteiger partial charge in [-0.25, -0.2) is 0 Å². The summed E-state index contributed by atoms with van der Waals surface area (Å²) < 4.78 is 1.37. The number of aryl methyl sites for hydroxylation is 1. The van der Waals surface area contributed by atoms with Gasteiger partial charge in [0.05, 0.1) is 0 Å². The van der Waals surface area contributed by atoms with E-state index in [2.05, 4.69) is 12.2 Å². The minimum Gasteiger partial charge on any atom is -0.342 e. The summed E-state index contributed by atoms with van der Waals surface area (Å²) in [6.07, 6.45) is 3.65. The van der Waals surface area contributed by atoms with E-state index in [0.717, 1.165) is 24.9 Å². The van der Waals surface area contributed by atoms with Crippen molar-refractivity contribution >= 4 is 17.5 Å². The van der Waals surface area contributed by atoms with Crippen molar-refractivity contribution in [3.8, 4) is 0 Å². The molecule has 0 aliphatic rings. The van der Waals surface area contributed by atoms with E-state index in [4.69, 9.17) is 0 Å². The molecule has 0 bridgehead atoms. The molecule has 1 aromatic heterocycles. The van der Waals surface area contributed by atoms with Crippen molar-refractivity contribution < 1.29 is 9.59 Å². The van der Waals surface area contributed by atoms with Gasteiger partial charge in [0.25, 0.3) is 11.5 Å². The zero-order chi connectivity index (χ0) is 19.1. The molecular weight excluding hydrogens is 330 g/mol. The Morgan fingerprint density at radius 2 is 1.81 bits per heavy atom. The van der Waals surface area contributed by atoms with Crippen LogP contribution in [0.4, 0.5) is 5.69 Å². The molecule has 2 rings (SSSR count). The number of anilines is 1. The molecular formula is C20H25N3O3. The molecule has 2 amide bonds. The average Bonchev–Trinajstić information content (AvgIpc) is 2.62. The van der Waals surface area contributed by atoms with Crippen molar-refractivity contribution in [2.45, 2.75) is 33.2 Å². The van der Waals surface area contributed by atoms with Crippen molar-refractivity contribution in [3.05, 3.63) is 64.1 Å². The Morgan fingerprint density at radius 1 is 1.12 bits per heavy atom. The molecule has 0 aliphatic carbocycles. The molecule has 1 aromatic carbocycles. The number of unbranched alkanes of at least 4 members (excludes halogenated alkanes) is 1. The maximum Gasteiger partial charge on any atom is 0.253 e. The Bertz CT molecular complexity index is 825. The van der Waals surface area contributed by atoms with Gasteiger partial charge < -0.3 is 14.8 Å². The highest BCUT2D eigenvalue weighted by Gasteiger charge is 2.11. The van der Waals surface area contributed by atoms with Crippen LogP contribution in [0.25, 0.3) is 0 Å². The van der Waals surface area contributed by atoms with Crippen molar-refractivity contribution in [1.29, 1.82) is 0 Å². The van der Waals surface area contributed by atoms with Gasteiger partial charge in [-0.15, -0.1) is 0 Å². The third kappa shape index (κ3) is 5.31. The number of hydrogen-bond acceptors (Lipinski definition) is 3. The molecule has 6 nitrogen and oxygen atoms in total. The van der Waals surface area contributed by atoms with E-state index < -0.39 is 0 Å². The number of nitrogens with one attached hydrogen (secondary N) is 1. The lowest BCUT2D eigenvalue weighted by Gasteiger charge is -2.17. The van der Waals surface area contributed by atoms with E-state index in [1.165, 1.54) is 10.6 Å². The first kappa shape index (κ1) is 19.4. The molecule has 6 heteroatoms. The van der Waals surface area contributed by atoms with Crippen LogP contribution >= 0.6 is 0 Å². The first-order valence-corrected chi connectivity index (χ1v) is 8.73. The van der Waals surface area contributed by atoms with Gasteiger partial charge in [-0.3, -0.25) is 14.4 Å². The minimum atomic E-state index is -0.295. The number of aromatic nitrogens is 1. The number of amides is 2. The number of nitrogens with zero attached hydrogens (tertiary/aromatic N) is 2. The second kappa shape index (κ2) is 8.99. The molecule has 0 saturated heterocycles. The first-order valence-electron chi connectivity index (χ1n) is 8.73. The summed E-state index contributed by atoms with van der Waals surface area (Å²) in [5, 5.41) is 2.74. The van der Waals surface area contributed by atoms with Gasteiger partial charge in [0, 0.05) is 37.1 Å². The van der Waals surface area contributed by atoms with Gasteiger partial charge >= 0.3 is 0 Å². The molecule has 0 atom stereocenters. The Balaban J connectivity index is 1.98. The topological polar surface area (TPSA) is 71.4 Å². The standard InChI is InChI=1S/C20H25N3O3/c1-4-5-12-22(3)20(26)16-7-9-17(10-8-16)21-18(24)14-23-13-15(2)6-11-19(23)25/h6-11,13H,4-5,12,14H2,1-3H3,(H,21,24). The molecule has 138 valence electrons. The van der Waals surface area contributed by atoms with Gasteiger partial charge in [0.1, 0.15) is 6.54 Å². The predicted octanol–water partition coefficient (Wildman–Crippen LogP) is 2.67. The van der Waals surface area contributed by atoms with Crippen LogP contribution in [0.1, 0.15) is 35.7 Å². The number of hydrogen-bond donors (Lipinski definition) is 1. The Labute approximate surface area is 153 Å². The van der Waals surface area contributed by atoms with Crippen molar-refractivity contribution in [1.82, 2.24) is 9.47 Å². The normalized spacial score (nSPS) is 10.4. The molecule has 2 aromatic rings. The second-order valence-corrected chi connectivity index (χ2v) is 6.38. The molecule has 1 N–H and O–H groups in total. The van der Waals surface area contributed by atoms with Gasteiger partial charge in [-0.05, 0) is 43.2 Å². The molecule has 0 spiro atoms. The zero-order valence-corrected chi connectivity index (χ0v) is 15.5. The predicted molar refractivity (Wildman–Crippen MR) is 102 cm³/mol. The number of carbonyl (C=O) groups is 2. The number of benzene rings is 1. The molecule has 1 heterocycles. The molecule has 0 radical (unpaired) electrons. The highest BCUT2D eigenvalue weighted by Crippen LogP contribution is 2.12. The summed E-state index contributed by atoms with van der Waals surface area (Å²) in [7, 11) is 1.78.